The fraction of sp³-hybridized carbons (Fsp3) is 0.333. The first-order valence-corrected chi connectivity index (χ1v) is 6.32. The first-order chi connectivity index (χ1) is 9.24. The SMILES string of the molecule is CNC(Cc1cc(OC)ncn1)c1ccccc1C. The average molecular weight is 257 g/mol. The molecule has 0 aliphatic carbocycles. The Labute approximate surface area is 113 Å². The van der Waals surface area contributed by atoms with Gasteiger partial charge >= 0.3 is 0 Å². The third-order valence-corrected chi connectivity index (χ3v) is 3.23. The van der Waals surface area contributed by atoms with Crippen molar-refractivity contribution in [1.82, 2.24) is 15.3 Å². The Bertz CT molecular complexity index is 542. The normalized spacial score (nSPS) is 12.2. The van der Waals surface area contributed by atoms with Crippen LogP contribution in [-0.4, -0.2) is 24.1 Å². The number of rotatable bonds is 5. The minimum absolute atomic E-state index is 0.237. The van der Waals surface area contributed by atoms with E-state index >= 15 is 0 Å². The van der Waals surface area contributed by atoms with Crippen molar-refractivity contribution in [2.24, 2.45) is 0 Å². The Morgan fingerprint density at radius 3 is 2.74 bits per heavy atom. The van der Waals surface area contributed by atoms with Crippen LogP contribution in [0.4, 0.5) is 0 Å². The van der Waals surface area contributed by atoms with Crippen LogP contribution in [0, 0.1) is 6.92 Å². The lowest BCUT2D eigenvalue weighted by Crippen LogP contribution is -2.20. The summed E-state index contributed by atoms with van der Waals surface area (Å²) >= 11 is 0. The topological polar surface area (TPSA) is 47.0 Å². The molecule has 0 bridgehead atoms. The number of aromatic nitrogens is 2. The summed E-state index contributed by atoms with van der Waals surface area (Å²) in [5.41, 5.74) is 3.54. The molecule has 4 nitrogen and oxygen atoms in total. The fourth-order valence-corrected chi connectivity index (χ4v) is 2.15. The van der Waals surface area contributed by atoms with Crippen LogP contribution in [0.3, 0.4) is 0 Å². The van der Waals surface area contributed by atoms with E-state index in [1.54, 1.807) is 13.4 Å². The Hall–Kier alpha value is -1.94. The number of ether oxygens (including phenoxy) is 1. The fourth-order valence-electron chi connectivity index (χ4n) is 2.15. The van der Waals surface area contributed by atoms with Crippen molar-refractivity contribution in [3.63, 3.8) is 0 Å². The van der Waals surface area contributed by atoms with E-state index in [2.05, 4.69) is 46.5 Å². The Morgan fingerprint density at radius 1 is 1.26 bits per heavy atom. The summed E-state index contributed by atoms with van der Waals surface area (Å²) in [7, 11) is 3.58. The van der Waals surface area contributed by atoms with E-state index in [-0.39, 0.29) is 6.04 Å². The van der Waals surface area contributed by atoms with Gasteiger partial charge in [0.25, 0.3) is 0 Å². The maximum Gasteiger partial charge on any atom is 0.216 e. The molecule has 100 valence electrons. The lowest BCUT2D eigenvalue weighted by atomic mass is 9.97. The van der Waals surface area contributed by atoms with Gasteiger partial charge in [0, 0.05) is 24.2 Å². The molecule has 0 saturated heterocycles. The number of benzene rings is 1. The zero-order valence-corrected chi connectivity index (χ0v) is 11.6. The van der Waals surface area contributed by atoms with Gasteiger partial charge in [-0.15, -0.1) is 0 Å². The van der Waals surface area contributed by atoms with Crippen LogP contribution < -0.4 is 10.1 Å². The number of aryl methyl sites for hydroxylation is 1. The number of methoxy groups -OCH3 is 1. The maximum atomic E-state index is 5.13. The summed E-state index contributed by atoms with van der Waals surface area (Å²) in [4.78, 5) is 8.33. The molecule has 0 radical (unpaired) electrons. The van der Waals surface area contributed by atoms with Gasteiger partial charge in [0.05, 0.1) is 7.11 Å². The van der Waals surface area contributed by atoms with Gasteiger partial charge in [-0.25, -0.2) is 9.97 Å². The van der Waals surface area contributed by atoms with Crippen molar-refractivity contribution >= 4 is 0 Å². The van der Waals surface area contributed by atoms with Crippen LogP contribution >= 0.6 is 0 Å². The van der Waals surface area contributed by atoms with Gasteiger partial charge in [0.1, 0.15) is 6.33 Å². The number of nitrogens with zero attached hydrogens (tertiary/aromatic N) is 2. The Morgan fingerprint density at radius 2 is 2.05 bits per heavy atom. The molecule has 1 atom stereocenters. The summed E-state index contributed by atoms with van der Waals surface area (Å²) in [6.45, 7) is 2.13. The van der Waals surface area contributed by atoms with E-state index in [4.69, 9.17) is 4.74 Å². The molecule has 1 heterocycles. The van der Waals surface area contributed by atoms with Crippen molar-refractivity contribution in [3.05, 3.63) is 53.5 Å². The zero-order valence-electron chi connectivity index (χ0n) is 11.6. The van der Waals surface area contributed by atoms with Gasteiger partial charge in [-0.2, -0.15) is 0 Å². The van der Waals surface area contributed by atoms with Crippen LogP contribution in [-0.2, 0) is 6.42 Å². The molecule has 0 saturated carbocycles. The van der Waals surface area contributed by atoms with Crippen LogP contribution in [0.2, 0.25) is 0 Å². The second-order valence-corrected chi connectivity index (χ2v) is 4.45. The molecule has 2 aromatic rings. The predicted octanol–water partition coefficient (Wildman–Crippen LogP) is 2.30. The molecule has 2 rings (SSSR count). The molecule has 1 unspecified atom stereocenters. The third kappa shape index (κ3) is 3.29. The van der Waals surface area contributed by atoms with Crippen molar-refractivity contribution in [3.8, 4) is 5.88 Å². The van der Waals surface area contributed by atoms with Crippen LogP contribution in [0.15, 0.2) is 36.7 Å². The van der Waals surface area contributed by atoms with Gasteiger partial charge in [-0.05, 0) is 25.1 Å². The predicted molar refractivity (Wildman–Crippen MR) is 75.3 cm³/mol. The highest BCUT2D eigenvalue weighted by atomic mass is 16.5. The minimum atomic E-state index is 0.237. The van der Waals surface area contributed by atoms with Gasteiger partial charge in [-0.3, -0.25) is 0 Å². The van der Waals surface area contributed by atoms with E-state index in [1.807, 2.05) is 13.1 Å². The Kier molecular flexibility index (Phi) is 4.47. The first-order valence-electron chi connectivity index (χ1n) is 6.32. The smallest absolute Gasteiger partial charge is 0.216 e. The standard InChI is InChI=1S/C15H19N3O/c1-11-6-4-5-7-13(11)14(16-2)8-12-9-15(19-3)18-10-17-12/h4-7,9-10,14,16H,8H2,1-3H3. The molecule has 0 spiro atoms. The van der Waals surface area contributed by atoms with E-state index in [9.17, 15) is 0 Å². The molecule has 0 aliphatic heterocycles. The monoisotopic (exact) mass is 257 g/mol. The van der Waals surface area contributed by atoms with Crippen molar-refractivity contribution in [2.75, 3.05) is 14.2 Å². The first kappa shape index (κ1) is 13.5. The molecule has 1 aromatic heterocycles. The third-order valence-electron chi connectivity index (χ3n) is 3.23. The van der Waals surface area contributed by atoms with E-state index < -0.39 is 0 Å². The second-order valence-electron chi connectivity index (χ2n) is 4.45. The number of hydrogen-bond donors (Lipinski definition) is 1. The van der Waals surface area contributed by atoms with Gasteiger partial charge in [0.15, 0.2) is 0 Å². The van der Waals surface area contributed by atoms with E-state index in [0.29, 0.717) is 5.88 Å². The maximum absolute atomic E-state index is 5.13. The largest absolute Gasteiger partial charge is 0.481 e. The number of likely N-dealkylation sites (N-methyl/N-ethyl adjacent to an activating group) is 1. The van der Waals surface area contributed by atoms with Crippen LogP contribution in [0.25, 0.3) is 0 Å². The highest BCUT2D eigenvalue weighted by Crippen LogP contribution is 2.21. The van der Waals surface area contributed by atoms with Crippen molar-refractivity contribution in [1.29, 1.82) is 0 Å². The van der Waals surface area contributed by atoms with Crippen molar-refractivity contribution in [2.45, 2.75) is 19.4 Å². The zero-order chi connectivity index (χ0) is 13.7. The molecule has 4 heteroatoms. The number of nitrogens with one attached hydrogen (secondary N) is 1. The quantitative estimate of drug-likeness (QED) is 0.892. The van der Waals surface area contributed by atoms with Gasteiger partial charge in [0.2, 0.25) is 5.88 Å². The molecule has 1 N–H and O–H groups in total. The van der Waals surface area contributed by atoms with Crippen molar-refractivity contribution < 1.29 is 4.74 Å². The summed E-state index contributed by atoms with van der Waals surface area (Å²) in [6.07, 6.45) is 2.35. The molecule has 0 fully saturated rings. The minimum Gasteiger partial charge on any atom is -0.481 e. The van der Waals surface area contributed by atoms with Gasteiger partial charge < -0.3 is 10.1 Å². The highest BCUT2D eigenvalue weighted by molar-refractivity contribution is 5.30. The summed E-state index contributed by atoms with van der Waals surface area (Å²) in [5, 5.41) is 3.34. The van der Waals surface area contributed by atoms with E-state index in [1.165, 1.54) is 11.1 Å². The lowest BCUT2D eigenvalue weighted by Gasteiger charge is -2.18. The summed E-state index contributed by atoms with van der Waals surface area (Å²) in [6, 6.07) is 10.5. The summed E-state index contributed by atoms with van der Waals surface area (Å²) < 4.78 is 5.13. The highest BCUT2D eigenvalue weighted by Gasteiger charge is 2.13. The van der Waals surface area contributed by atoms with Crippen LogP contribution in [0.1, 0.15) is 22.9 Å². The molecular weight excluding hydrogens is 238 g/mol. The summed E-state index contributed by atoms with van der Waals surface area (Å²) in [5.74, 6) is 0.602. The Balaban J connectivity index is 2.21. The lowest BCUT2D eigenvalue weighted by molar-refractivity contribution is 0.395. The molecule has 0 amide bonds. The molecule has 0 aliphatic rings. The van der Waals surface area contributed by atoms with E-state index in [0.717, 1.165) is 12.1 Å². The van der Waals surface area contributed by atoms with Crippen LogP contribution in [0.5, 0.6) is 5.88 Å². The molecular formula is C15H19N3O. The van der Waals surface area contributed by atoms with Gasteiger partial charge in [-0.1, -0.05) is 24.3 Å². The number of hydrogen-bond acceptors (Lipinski definition) is 4. The average Bonchev–Trinajstić information content (AvgIpc) is 2.46. The second kappa shape index (κ2) is 6.29. The molecule has 1 aromatic carbocycles. The molecule has 19 heavy (non-hydrogen) atoms.